The molecular weight excluding hydrogens is 271 g/mol. The van der Waals surface area contributed by atoms with E-state index in [1.807, 2.05) is 17.7 Å². The number of hydrogen-bond acceptors (Lipinski definition) is 2. The maximum Gasteiger partial charge on any atom is 0.416 e. The summed E-state index contributed by atoms with van der Waals surface area (Å²) < 4.78 is 39.2. The molecule has 0 amide bonds. The van der Waals surface area contributed by atoms with Crippen LogP contribution in [-0.4, -0.2) is 7.05 Å². The predicted molar refractivity (Wildman–Crippen MR) is 71.4 cm³/mol. The fourth-order valence-electron chi connectivity index (χ4n) is 2.15. The average Bonchev–Trinajstić information content (AvgIpc) is 2.76. The molecule has 5 heteroatoms. The Morgan fingerprint density at radius 1 is 1.11 bits per heavy atom. The summed E-state index contributed by atoms with van der Waals surface area (Å²) in [5.41, 5.74) is 1.57. The van der Waals surface area contributed by atoms with Crippen molar-refractivity contribution in [2.45, 2.75) is 19.1 Å². The molecule has 0 saturated carbocycles. The number of halogens is 3. The van der Waals surface area contributed by atoms with Gasteiger partial charge in [0.15, 0.2) is 0 Å². The van der Waals surface area contributed by atoms with Crippen molar-refractivity contribution >= 4 is 11.3 Å². The Morgan fingerprint density at radius 3 is 2.32 bits per heavy atom. The Balaban J connectivity index is 2.54. The van der Waals surface area contributed by atoms with Crippen LogP contribution in [0.25, 0.3) is 0 Å². The molecule has 0 fully saturated rings. The molecule has 1 atom stereocenters. The van der Waals surface area contributed by atoms with Gasteiger partial charge in [-0.1, -0.05) is 18.2 Å². The zero-order valence-electron chi connectivity index (χ0n) is 10.6. The quantitative estimate of drug-likeness (QED) is 0.882. The van der Waals surface area contributed by atoms with Crippen LogP contribution in [0.3, 0.4) is 0 Å². The molecule has 0 bridgehead atoms. The second kappa shape index (κ2) is 5.35. The third kappa shape index (κ3) is 2.82. The Labute approximate surface area is 114 Å². The fraction of sp³-hybridized carbons (Fsp3) is 0.286. The molecule has 1 aromatic heterocycles. The molecule has 1 unspecified atom stereocenters. The molecule has 2 aromatic rings. The van der Waals surface area contributed by atoms with E-state index >= 15 is 0 Å². The third-order valence-corrected chi connectivity index (χ3v) is 3.95. The van der Waals surface area contributed by atoms with Gasteiger partial charge in [0.2, 0.25) is 0 Å². The largest absolute Gasteiger partial charge is 0.416 e. The van der Waals surface area contributed by atoms with Crippen LogP contribution in [0.1, 0.15) is 28.3 Å². The zero-order valence-corrected chi connectivity index (χ0v) is 11.4. The summed E-state index contributed by atoms with van der Waals surface area (Å²) >= 11 is 1.50. The van der Waals surface area contributed by atoms with Crippen LogP contribution in [0.15, 0.2) is 35.0 Å². The summed E-state index contributed by atoms with van der Waals surface area (Å²) in [6.07, 6.45) is -4.34. The first-order chi connectivity index (χ1) is 8.95. The number of alkyl halides is 3. The first kappa shape index (κ1) is 14.1. The van der Waals surface area contributed by atoms with Gasteiger partial charge >= 0.3 is 6.18 Å². The van der Waals surface area contributed by atoms with Crippen LogP contribution in [0.4, 0.5) is 13.2 Å². The lowest BCUT2D eigenvalue weighted by Crippen LogP contribution is -2.22. The van der Waals surface area contributed by atoms with E-state index in [-0.39, 0.29) is 5.56 Å². The molecule has 0 saturated heterocycles. The van der Waals surface area contributed by atoms with Gasteiger partial charge in [-0.2, -0.15) is 24.5 Å². The highest BCUT2D eigenvalue weighted by molar-refractivity contribution is 7.08. The summed E-state index contributed by atoms with van der Waals surface area (Å²) in [4.78, 5) is 0. The number of thiophene rings is 1. The van der Waals surface area contributed by atoms with E-state index in [1.165, 1.54) is 23.5 Å². The third-order valence-electron chi connectivity index (χ3n) is 3.07. The van der Waals surface area contributed by atoms with Crippen LogP contribution in [0.5, 0.6) is 0 Å². The van der Waals surface area contributed by atoms with E-state index in [9.17, 15) is 13.2 Å². The van der Waals surface area contributed by atoms with E-state index in [2.05, 4.69) is 5.32 Å². The van der Waals surface area contributed by atoms with Gasteiger partial charge in [0, 0.05) is 0 Å². The van der Waals surface area contributed by atoms with E-state index in [1.54, 1.807) is 13.1 Å². The van der Waals surface area contributed by atoms with Gasteiger partial charge in [-0.3, -0.25) is 0 Å². The van der Waals surface area contributed by atoms with Crippen molar-refractivity contribution < 1.29 is 13.2 Å². The normalized spacial score (nSPS) is 13.5. The molecule has 19 heavy (non-hydrogen) atoms. The lowest BCUT2D eigenvalue weighted by Gasteiger charge is -2.21. The van der Waals surface area contributed by atoms with E-state index in [0.29, 0.717) is 0 Å². The molecule has 1 N–H and O–H groups in total. The smallest absolute Gasteiger partial charge is 0.309 e. The zero-order chi connectivity index (χ0) is 14.0. The lowest BCUT2D eigenvalue weighted by atomic mass is 9.94. The van der Waals surface area contributed by atoms with Crippen LogP contribution in [0, 0.1) is 6.92 Å². The summed E-state index contributed by atoms with van der Waals surface area (Å²) in [5.74, 6) is 0. The standard InChI is InChI=1S/C14H14F3NS/c1-9-7-19-8-11(9)13(18-2)10-5-3-4-6-12(10)14(15,16)17/h3-8,13,18H,1-2H3. The van der Waals surface area contributed by atoms with Gasteiger partial charge in [0.05, 0.1) is 11.6 Å². The topological polar surface area (TPSA) is 12.0 Å². The van der Waals surface area contributed by atoms with Crippen molar-refractivity contribution in [3.8, 4) is 0 Å². The minimum absolute atomic E-state index is 0.263. The molecule has 1 aromatic carbocycles. The number of hydrogen-bond donors (Lipinski definition) is 1. The summed E-state index contributed by atoms with van der Waals surface area (Å²) in [6.45, 7) is 1.91. The lowest BCUT2D eigenvalue weighted by molar-refractivity contribution is -0.138. The molecule has 0 aliphatic heterocycles. The molecule has 1 nitrogen and oxygen atoms in total. The molecule has 2 rings (SSSR count). The molecule has 0 aliphatic rings. The predicted octanol–water partition coefficient (Wildman–Crippen LogP) is 4.38. The van der Waals surface area contributed by atoms with Gasteiger partial charge in [-0.15, -0.1) is 0 Å². The first-order valence-corrected chi connectivity index (χ1v) is 6.75. The maximum absolute atomic E-state index is 13.1. The average molecular weight is 285 g/mol. The van der Waals surface area contributed by atoms with Gasteiger partial charge in [-0.25, -0.2) is 0 Å². The summed E-state index contributed by atoms with van der Waals surface area (Å²) in [6, 6.07) is 5.27. The van der Waals surface area contributed by atoms with Gasteiger partial charge in [0.25, 0.3) is 0 Å². The molecule has 102 valence electrons. The van der Waals surface area contributed by atoms with Gasteiger partial charge < -0.3 is 5.32 Å². The van der Waals surface area contributed by atoms with Crippen molar-refractivity contribution in [2.24, 2.45) is 0 Å². The molecule has 0 radical (unpaired) electrons. The highest BCUT2D eigenvalue weighted by Gasteiger charge is 2.35. The summed E-state index contributed by atoms with van der Waals surface area (Å²) in [7, 11) is 1.68. The van der Waals surface area contributed by atoms with Crippen LogP contribution >= 0.6 is 11.3 Å². The van der Waals surface area contributed by atoms with E-state index in [4.69, 9.17) is 0 Å². The van der Waals surface area contributed by atoms with Crippen molar-refractivity contribution in [3.63, 3.8) is 0 Å². The Kier molecular flexibility index (Phi) is 3.96. The van der Waals surface area contributed by atoms with Crippen LogP contribution in [-0.2, 0) is 6.18 Å². The highest BCUT2D eigenvalue weighted by Crippen LogP contribution is 2.37. The first-order valence-electron chi connectivity index (χ1n) is 5.81. The maximum atomic E-state index is 13.1. The van der Waals surface area contributed by atoms with Gasteiger partial charge in [-0.05, 0) is 47.5 Å². The second-order valence-electron chi connectivity index (χ2n) is 4.32. The number of rotatable bonds is 3. The molecular formula is C14H14F3NS. The fourth-order valence-corrected chi connectivity index (χ4v) is 3.03. The van der Waals surface area contributed by atoms with E-state index in [0.717, 1.165) is 17.2 Å². The van der Waals surface area contributed by atoms with E-state index < -0.39 is 17.8 Å². The Bertz CT molecular complexity index is 560. The SMILES string of the molecule is CNC(c1cscc1C)c1ccccc1C(F)(F)F. The van der Waals surface area contributed by atoms with Crippen LogP contribution < -0.4 is 5.32 Å². The molecule has 0 aliphatic carbocycles. The molecule has 0 spiro atoms. The van der Waals surface area contributed by atoms with Crippen molar-refractivity contribution in [2.75, 3.05) is 7.05 Å². The number of benzene rings is 1. The monoisotopic (exact) mass is 285 g/mol. The Morgan fingerprint density at radius 2 is 1.79 bits per heavy atom. The highest BCUT2D eigenvalue weighted by atomic mass is 32.1. The number of nitrogens with one attached hydrogen (secondary N) is 1. The Hall–Kier alpha value is -1.33. The summed E-state index contributed by atoms with van der Waals surface area (Å²) in [5, 5.41) is 6.81. The van der Waals surface area contributed by atoms with Crippen molar-refractivity contribution in [1.29, 1.82) is 0 Å². The van der Waals surface area contributed by atoms with Crippen LogP contribution in [0.2, 0.25) is 0 Å². The van der Waals surface area contributed by atoms with Gasteiger partial charge in [0.1, 0.15) is 0 Å². The minimum Gasteiger partial charge on any atom is -0.309 e. The van der Waals surface area contributed by atoms with Crippen molar-refractivity contribution in [1.82, 2.24) is 5.32 Å². The minimum atomic E-state index is -4.34. The van der Waals surface area contributed by atoms with Crippen molar-refractivity contribution in [3.05, 3.63) is 57.3 Å². The number of aryl methyl sites for hydroxylation is 1. The molecule has 1 heterocycles. The second-order valence-corrected chi connectivity index (χ2v) is 5.06.